The van der Waals surface area contributed by atoms with E-state index in [-0.39, 0.29) is 17.9 Å². The summed E-state index contributed by atoms with van der Waals surface area (Å²) < 4.78 is 11.3. The molecule has 0 unspecified atom stereocenters. The molecule has 30 heavy (non-hydrogen) atoms. The normalized spacial score (nSPS) is 14.5. The Morgan fingerprint density at radius 1 is 1.10 bits per heavy atom. The second-order valence-corrected chi connectivity index (χ2v) is 7.39. The summed E-state index contributed by atoms with van der Waals surface area (Å²) in [6.45, 7) is 8.23. The van der Waals surface area contributed by atoms with Gasteiger partial charge in [0.1, 0.15) is 0 Å². The van der Waals surface area contributed by atoms with E-state index >= 15 is 0 Å². The van der Waals surface area contributed by atoms with Crippen LogP contribution in [0.25, 0.3) is 0 Å². The molecule has 0 aliphatic carbocycles. The van der Waals surface area contributed by atoms with E-state index in [4.69, 9.17) is 9.47 Å². The van der Waals surface area contributed by atoms with Crippen LogP contribution in [0.4, 0.5) is 0 Å². The van der Waals surface area contributed by atoms with E-state index < -0.39 is 0 Å². The van der Waals surface area contributed by atoms with E-state index in [1.807, 2.05) is 62.1 Å². The van der Waals surface area contributed by atoms with Gasteiger partial charge in [-0.25, -0.2) is 0 Å². The standard InChI is InChI=1S/C24H30N2O4/c1-4-29-21-12-11-19(15-22(21)30-5-2)17(3)25-24(28)20-9-6-8-18(14-20)16-26-13-7-10-23(26)27/h6,8-9,11-12,14-15,17H,4-5,7,10,13,16H2,1-3H3,(H,25,28)/t17-/m1/s1. The van der Waals surface area contributed by atoms with Gasteiger partial charge < -0.3 is 19.7 Å². The minimum absolute atomic E-state index is 0.149. The zero-order valence-corrected chi connectivity index (χ0v) is 17.9. The molecule has 0 spiro atoms. The summed E-state index contributed by atoms with van der Waals surface area (Å²) in [5.74, 6) is 1.41. The van der Waals surface area contributed by atoms with Crippen molar-refractivity contribution >= 4 is 11.8 Å². The molecule has 2 aromatic rings. The molecule has 160 valence electrons. The first kappa shape index (κ1) is 21.7. The summed E-state index contributed by atoms with van der Waals surface area (Å²) in [5, 5.41) is 3.05. The number of amides is 2. The van der Waals surface area contributed by atoms with Gasteiger partial charge in [0, 0.05) is 25.1 Å². The van der Waals surface area contributed by atoms with E-state index in [0.717, 1.165) is 24.1 Å². The number of nitrogens with one attached hydrogen (secondary N) is 1. The molecular formula is C24H30N2O4. The van der Waals surface area contributed by atoms with Crippen LogP contribution in [0.15, 0.2) is 42.5 Å². The van der Waals surface area contributed by atoms with Crippen molar-refractivity contribution in [3.05, 3.63) is 59.2 Å². The molecule has 1 saturated heterocycles. The number of benzene rings is 2. The van der Waals surface area contributed by atoms with E-state index in [9.17, 15) is 9.59 Å². The Labute approximate surface area is 178 Å². The number of hydrogen-bond donors (Lipinski definition) is 1. The zero-order chi connectivity index (χ0) is 21.5. The highest BCUT2D eigenvalue weighted by molar-refractivity contribution is 5.94. The Morgan fingerprint density at radius 3 is 2.57 bits per heavy atom. The van der Waals surface area contributed by atoms with Crippen molar-refractivity contribution in [1.82, 2.24) is 10.2 Å². The van der Waals surface area contributed by atoms with E-state index in [0.29, 0.717) is 43.2 Å². The van der Waals surface area contributed by atoms with Gasteiger partial charge >= 0.3 is 0 Å². The van der Waals surface area contributed by atoms with Crippen LogP contribution >= 0.6 is 0 Å². The fourth-order valence-corrected chi connectivity index (χ4v) is 3.60. The Morgan fingerprint density at radius 2 is 1.87 bits per heavy atom. The number of nitrogens with zero attached hydrogens (tertiary/aromatic N) is 1. The van der Waals surface area contributed by atoms with Gasteiger partial charge in [-0.05, 0) is 62.6 Å². The molecule has 0 radical (unpaired) electrons. The number of carbonyl (C=O) groups excluding carboxylic acids is 2. The minimum atomic E-state index is -0.198. The molecule has 3 rings (SSSR count). The fraction of sp³-hybridized carbons (Fsp3) is 0.417. The van der Waals surface area contributed by atoms with Gasteiger partial charge in [0.25, 0.3) is 5.91 Å². The lowest BCUT2D eigenvalue weighted by Gasteiger charge is -2.18. The van der Waals surface area contributed by atoms with Gasteiger partial charge in [0.15, 0.2) is 11.5 Å². The van der Waals surface area contributed by atoms with Gasteiger partial charge in [-0.15, -0.1) is 0 Å². The third-order valence-electron chi connectivity index (χ3n) is 5.15. The van der Waals surface area contributed by atoms with Crippen LogP contribution in [0.5, 0.6) is 11.5 Å². The van der Waals surface area contributed by atoms with Crippen molar-refractivity contribution in [2.75, 3.05) is 19.8 Å². The Bertz CT molecular complexity index is 897. The van der Waals surface area contributed by atoms with Crippen molar-refractivity contribution in [3.8, 4) is 11.5 Å². The van der Waals surface area contributed by atoms with Crippen molar-refractivity contribution < 1.29 is 19.1 Å². The number of hydrogen-bond acceptors (Lipinski definition) is 4. The Kier molecular flexibility index (Phi) is 7.33. The fourth-order valence-electron chi connectivity index (χ4n) is 3.60. The number of likely N-dealkylation sites (tertiary alicyclic amines) is 1. The summed E-state index contributed by atoms with van der Waals surface area (Å²) >= 11 is 0. The maximum absolute atomic E-state index is 12.8. The molecule has 6 nitrogen and oxygen atoms in total. The molecule has 2 aromatic carbocycles. The van der Waals surface area contributed by atoms with Crippen molar-refractivity contribution in [2.45, 2.75) is 46.2 Å². The van der Waals surface area contributed by atoms with E-state index in [2.05, 4.69) is 5.32 Å². The molecule has 6 heteroatoms. The lowest BCUT2D eigenvalue weighted by molar-refractivity contribution is -0.128. The first-order valence-corrected chi connectivity index (χ1v) is 10.6. The zero-order valence-electron chi connectivity index (χ0n) is 17.9. The monoisotopic (exact) mass is 410 g/mol. The van der Waals surface area contributed by atoms with Gasteiger partial charge in [0.05, 0.1) is 19.3 Å². The van der Waals surface area contributed by atoms with E-state index in [1.54, 1.807) is 6.07 Å². The third-order valence-corrected chi connectivity index (χ3v) is 5.15. The molecule has 1 aliphatic rings. The first-order valence-electron chi connectivity index (χ1n) is 10.6. The maximum atomic E-state index is 12.8. The lowest BCUT2D eigenvalue weighted by atomic mass is 10.1. The SMILES string of the molecule is CCOc1ccc([C@@H](C)NC(=O)c2cccc(CN3CCCC3=O)c2)cc1OCC. The summed E-state index contributed by atoms with van der Waals surface area (Å²) in [6.07, 6.45) is 1.52. The van der Waals surface area contributed by atoms with Crippen LogP contribution in [0.2, 0.25) is 0 Å². The molecule has 0 aromatic heterocycles. The predicted octanol–water partition coefficient (Wildman–Crippen LogP) is 4.10. The average Bonchev–Trinajstić information content (AvgIpc) is 3.14. The highest BCUT2D eigenvalue weighted by Crippen LogP contribution is 2.30. The van der Waals surface area contributed by atoms with Gasteiger partial charge in [-0.3, -0.25) is 9.59 Å². The molecule has 1 aliphatic heterocycles. The number of rotatable bonds is 9. The topological polar surface area (TPSA) is 67.9 Å². The molecule has 1 N–H and O–H groups in total. The molecule has 0 bridgehead atoms. The summed E-state index contributed by atoms with van der Waals surface area (Å²) in [7, 11) is 0. The third kappa shape index (κ3) is 5.32. The molecule has 1 fully saturated rings. The van der Waals surface area contributed by atoms with Crippen molar-refractivity contribution in [3.63, 3.8) is 0 Å². The Balaban J connectivity index is 1.68. The van der Waals surface area contributed by atoms with Crippen LogP contribution in [0.1, 0.15) is 61.1 Å². The largest absolute Gasteiger partial charge is 0.490 e. The quantitative estimate of drug-likeness (QED) is 0.676. The second kappa shape index (κ2) is 10.1. The maximum Gasteiger partial charge on any atom is 0.251 e. The Hall–Kier alpha value is -3.02. The summed E-state index contributed by atoms with van der Waals surface area (Å²) in [5.41, 5.74) is 2.49. The van der Waals surface area contributed by atoms with Crippen LogP contribution in [0.3, 0.4) is 0 Å². The minimum Gasteiger partial charge on any atom is -0.490 e. The lowest BCUT2D eigenvalue weighted by Crippen LogP contribution is -2.27. The predicted molar refractivity (Wildman–Crippen MR) is 116 cm³/mol. The molecule has 2 amide bonds. The van der Waals surface area contributed by atoms with Gasteiger partial charge in [-0.1, -0.05) is 18.2 Å². The number of carbonyl (C=O) groups is 2. The van der Waals surface area contributed by atoms with Crippen LogP contribution in [-0.2, 0) is 11.3 Å². The van der Waals surface area contributed by atoms with Crippen LogP contribution in [-0.4, -0.2) is 36.5 Å². The highest BCUT2D eigenvalue weighted by atomic mass is 16.5. The van der Waals surface area contributed by atoms with Crippen molar-refractivity contribution in [2.24, 2.45) is 0 Å². The van der Waals surface area contributed by atoms with Crippen LogP contribution in [0, 0.1) is 0 Å². The van der Waals surface area contributed by atoms with Gasteiger partial charge in [-0.2, -0.15) is 0 Å². The molecule has 1 heterocycles. The molecule has 1 atom stereocenters. The second-order valence-electron chi connectivity index (χ2n) is 7.39. The molecule has 0 saturated carbocycles. The van der Waals surface area contributed by atoms with Crippen molar-refractivity contribution in [1.29, 1.82) is 0 Å². The first-order chi connectivity index (χ1) is 14.5. The summed E-state index contributed by atoms with van der Waals surface area (Å²) in [4.78, 5) is 26.5. The van der Waals surface area contributed by atoms with E-state index in [1.165, 1.54) is 0 Å². The number of ether oxygens (including phenoxy) is 2. The van der Waals surface area contributed by atoms with Crippen LogP contribution < -0.4 is 14.8 Å². The average molecular weight is 411 g/mol. The summed E-state index contributed by atoms with van der Waals surface area (Å²) in [6, 6.07) is 13.0. The smallest absolute Gasteiger partial charge is 0.251 e. The highest BCUT2D eigenvalue weighted by Gasteiger charge is 2.20. The van der Waals surface area contributed by atoms with Gasteiger partial charge in [0.2, 0.25) is 5.91 Å². The molecular weight excluding hydrogens is 380 g/mol.